The fraction of sp³-hybridized carbons (Fsp3) is 0.706. The van der Waals surface area contributed by atoms with Gasteiger partial charge in [0.05, 0.1) is 11.1 Å². The third-order valence-electron chi connectivity index (χ3n) is 6.67. The molecule has 148 valence electrons. The normalized spacial score (nSPS) is 33.5. The first kappa shape index (κ1) is 17.8. The van der Waals surface area contributed by atoms with E-state index in [2.05, 4.69) is 9.17 Å². The standard InChI is InChI=1S/C17H19F3N2O3S2/c18-17(19,20)27(23,24)25-14-9-26-15-21-13(8-22(14)15)16-5-10-2-1-3-11(6-16)12(4-10)7-16/h8-12H,1-7H2. The number of hydrogen-bond donors (Lipinski definition) is 0. The second kappa shape index (κ2) is 5.62. The topological polar surface area (TPSA) is 60.7 Å². The Morgan fingerprint density at radius 3 is 2.78 bits per heavy atom. The molecule has 3 fully saturated rings. The van der Waals surface area contributed by atoms with Gasteiger partial charge in [0.1, 0.15) is 0 Å². The quantitative estimate of drug-likeness (QED) is 0.543. The minimum Gasteiger partial charge on any atom is -0.356 e. The Balaban J connectivity index is 1.51. The van der Waals surface area contributed by atoms with E-state index in [9.17, 15) is 21.6 Å². The van der Waals surface area contributed by atoms with Crippen LogP contribution in [0.5, 0.6) is 5.88 Å². The maximum Gasteiger partial charge on any atom is 0.534 e. The first-order chi connectivity index (χ1) is 12.7. The van der Waals surface area contributed by atoms with Gasteiger partial charge in [0.2, 0.25) is 5.88 Å². The second-order valence-corrected chi connectivity index (χ2v) is 10.7. The Morgan fingerprint density at radius 1 is 1.22 bits per heavy atom. The highest BCUT2D eigenvalue weighted by Gasteiger charge is 2.53. The summed E-state index contributed by atoms with van der Waals surface area (Å²) in [5, 5.41) is 1.25. The van der Waals surface area contributed by atoms with Gasteiger partial charge in [-0.15, -0.1) is 11.3 Å². The Bertz CT molecular complexity index is 993. The van der Waals surface area contributed by atoms with Crippen molar-refractivity contribution < 1.29 is 25.8 Å². The monoisotopic (exact) mass is 420 g/mol. The van der Waals surface area contributed by atoms with Gasteiger partial charge in [0.25, 0.3) is 0 Å². The molecule has 2 aromatic rings. The molecule has 0 saturated heterocycles. The maximum atomic E-state index is 12.6. The van der Waals surface area contributed by atoms with Gasteiger partial charge in [0, 0.05) is 11.6 Å². The zero-order valence-electron chi connectivity index (χ0n) is 14.4. The summed E-state index contributed by atoms with van der Waals surface area (Å²) in [5.41, 5.74) is -4.60. The van der Waals surface area contributed by atoms with E-state index in [-0.39, 0.29) is 11.3 Å². The molecule has 0 aromatic carbocycles. The molecule has 2 heterocycles. The number of halogens is 3. The third kappa shape index (κ3) is 2.70. The van der Waals surface area contributed by atoms with Gasteiger partial charge in [-0.3, -0.25) is 4.40 Å². The van der Waals surface area contributed by atoms with Gasteiger partial charge in [-0.25, -0.2) is 4.98 Å². The minimum atomic E-state index is -5.69. The Hall–Kier alpha value is -1.29. The lowest BCUT2D eigenvalue weighted by atomic mass is 9.68. The van der Waals surface area contributed by atoms with Crippen LogP contribution in [0.4, 0.5) is 13.2 Å². The van der Waals surface area contributed by atoms with E-state index in [0.717, 1.165) is 36.3 Å². The molecule has 0 aliphatic heterocycles. The second-order valence-electron chi connectivity index (χ2n) is 8.28. The molecule has 3 saturated carbocycles. The molecule has 3 aliphatic rings. The van der Waals surface area contributed by atoms with Crippen LogP contribution in [0.2, 0.25) is 0 Å². The predicted octanol–water partition coefficient (Wildman–Crippen LogP) is 4.48. The average molecular weight is 420 g/mol. The zero-order valence-corrected chi connectivity index (χ0v) is 16.0. The van der Waals surface area contributed by atoms with Gasteiger partial charge in [-0.2, -0.15) is 21.6 Å². The fourth-order valence-corrected chi connectivity index (χ4v) is 6.99. The van der Waals surface area contributed by atoms with Crippen molar-refractivity contribution in [2.45, 2.75) is 55.9 Å². The van der Waals surface area contributed by atoms with Crippen molar-refractivity contribution in [1.82, 2.24) is 9.38 Å². The number of aromatic nitrogens is 2. The zero-order chi connectivity index (χ0) is 19.0. The first-order valence-electron chi connectivity index (χ1n) is 9.15. The Labute approximate surface area is 158 Å². The Kier molecular flexibility index (Phi) is 3.70. The highest BCUT2D eigenvalue weighted by Crippen LogP contribution is 2.60. The van der Waals surface area contributed by atoms with Crippen LogP contribution in [0, 0.1) is 17.8 Å². The molecule has 4 unspecified atom stereocenters. The SMILES string of the molecule is O=S(=O)(Oc1csc2nc(C34CC5CCCC(C3)C(C5)C4)cn12)C(F)(F)F. The van der Waals surface area contributed by atoms with E-state index in [0.29, 0.717) is 22.7 Å². The molecule has 5 rings (SSSR count). The number of rotatable bonds is 3. The summed E-state index contributed by atoms with van der Waals surface area (Å²) in [6.45, 7) is 0. The molecule has 2 aromatic heterocycles. The minimum absolute atomic E-state index is 0.0232. The van der Waals surface area contributed by atoms with E-state index < -0.39 is 15.6 Å². The number of thiazole rings is 1. The average Bonchev–Trinajstić information content (AvgIpc) is 3.17. The van der Waals surface area contributed by atoms with Crippen LogP contribution in [-0.4, -0.2) is 23.3 Å². The van der Waals surface area contributed by atoms with Crippen LogP contribution in [0.15, 0.2) is 11.6 Å². The first-order valence-corrected chi connectivity index (χ1v) is 11.4. The lowest BCUT2D eigenvalue weighted by molar-refractivity contribution is -0.0501. The van der Waals surface area contributed by atoms with Crippen molar-refractivity contribution in [1.29, 1.82) is 0 Å². The van der Waals surface area contributed by atoms with E-state index in [1.54, 1.807) is 6.20 Å². The highest BCUT2D eigenvalue weighted by atomic mass is 32.2. The van der Waals surface area contributed by atoms with Crippen molar-refractivity contribution in [3.05, 3.63) is 17.3 Å². The van der Waals surface area contributed by atoms with Crippen LogP contribution in [0.25, 0.3) is 4.96 Å². The summed E-state index contributed by atoms with van der Waals surface area (Å²) in [6.07, 6.45) is 9.99. The third-order valence-corrected chi connectivity index (χ3v) is 8.45. The largest absolute Gasteiger partial charge is 0.534 e. The van der Waals surface area contributed by atoms with Gasteiger partial charge in [-0.05, 0) is 43.4 Å². The molecule has 27 heavy (non-hydrogen) atoms. The number of alkyl halides is 3. The predicted molar refractivity (Wildman–Crippen MR) is 93.1 cm³/mol. The number of fused-ring (bicyclic) bond motifs is 3. The molecule has 3 aliphatic carbocycles. The number of hydrogen-bond acceptors (Lipinski definition) is 5. The maximum absolute atomic E-state index is 12.6. The van der Waals surface area contributed by atoms with E-state index in [1.807, 2.05) is 0 Å². The summed E-state index contributed by atoms with van der Waals surface area (Å²) in [4.78, 5) is 5.14. The number of nitrogens with zero attached hydrogens (tertiary/aromatic N) is 2. The van der Waals surface area contributed by atoms with Crippen molar-refractivity contribution in [2.75, 3.05) is 0 Å². The molecule has 0 amide bonds. The summed E-state index contributed by atoms with van der Waals surface area (Å²) >= 11 is 1.09. The molecule has 5 nitrogen and oxygen atoms in total. The van der Waals surface area contributed by atoms with Gasteiger partial charge >= 0.3 is 15.6 Å². The van der Waals surface area contributed by atoms with Crippen LogP contribution >= 0.6 is 11.3 Å². The van der Waals surface area contributed by atoms with Crippen molar-refractivity contribution in [3.63, 3.8) is 0 Å². The van der Waals surface area contributed by atoms with Crippen LogP contribution in [-0.2, 0) is 15.5 Å². The molecule has 3 bridgehead atoms. The molecule has 10 heteroatoms. The summed E-state index contributed by atoms with van der Waals surface area (Å²) in [6, 6.07) is 0. The molecular formula is C17H19F3N2O3S2. The molecule has 0 N–H and O–H groups in total. The van der Waals surface area contributed by atoms with Crippen LogP contribution in [0.3, 0.4) is 0 Å². The highest BCUT2D eigenvalue weighted by molar-refractivity contribution is 7.88. The fourth-order valence-electron chi connectivity index (χ4n) is 5.71. The van der Waals surface area contributed by atoms with Crippen molar-refractivity contribution in [3.8, 4) is 5.88 Å². The van der Waals surface area contributed by atoms with E-state index >= 15 is 0 Å². The number of imidazole rings is 1. The molecule has 0 radical (unpaired) electrons. The Morgan fingerprint density at radius 2 is 2.00 bits per heavy atom. The van der Waals surface area contributed by atoms with E-state index in [1.165, 1.54) is 35.5 Å². The molecule has 4 atom stereocenters. The lowest BCUT2D eigenvalue weighted by Crippen LogP contribution is -2.31. The molecular weight excluding hydrogens is 401 g/mol. The summed E-state index contributed by atoms with van der Waals surface area (Å²) in [5.74, 6) is 1.76. The van der Waals surface area contributed by atoms with Gasteiger partial charge in [0.15, 0.2) is 4.96 Å². The smallest absolute Gasteiger partial charge is 0.356 e. The van der Waals surface area contributed by atoms with Crippen molar-refractivity contribution in [2.24, 2.45) is 17.8 Å². The molecule has 0 spiro atoms. The van der Waals surface area contributed by atoms with Crippen LogP contribution < -0.4 is 4.18 Å². The summed E-state index contributed by atoms with van der Waals surface area (Å²) < 4.78 is 66.3. The summed E-state index contributed by atoms with van der Waals surface area (Å²) in [7, 11) is -5.69. The van der Waals surface area contributed by atoms with Gasteiger partial charge < -0.3 is 4.18 Å². The van der Waals surface area contributed by atoms with E-state index in [4.69, 9.17) is 0 Å². The lowest BCUT2D eigenvalue weighted by Gasteiger charge is -2.36. The van der Waals surface area contributed by atoms with Crippen molar-refractivity contribution >= 4 is 26.4 Å². The van der Waals surface area contributed by atoms with Gasteiger partial charge in [-0.1, -0.05) is 19.3 Å². The van der Waals surface area contributed by atoms with Crippen LogP contribution in [0.1, 0.15) is 50.6 Å².